The molecule has 2 atom stereocenters. The van der Waals surface area contributed by atoms with Crippen LogP contribution in [-0.2, 0) is 0 Å². The molecule has 2 unspecified atom stereocenters. The van der Waals surface area contributed by atoms with Crippen LogP contribution in [0.3, 0.4) is 0 Å². The maximum absolute atomic E-state index is 9.96. The summed E-state index contributed by atoms with van der Waals surface area (Å²) in [6.45, 7) is 6.58. The lowest BCUT2D eigenvalue weighted by Gasteiger charge is -2.20. The minimum Gasteiger partial charge on any atom is -0.497 e. The Morgan fingerprint density at radius 3 is 2.85 bits per heavy atom. The highest BCUT2D eigenvalue weighted by Gasteiger charge is 2.25. The van der Waals surface area contributed by atoms with Gasteiger partial charge in [0.15, 0.2) is 0 Å². The fraction of sp³-hybridized carbons (Fsp3) is 0.529. The summed E-state index contributed by atoms with van der Waals surface area (Å²) in [5.41, 5.74) is 1.37. The van der Waals surface area contributed by atoms with E-state index in [1.807, 2.05) is 18.2 Å². The number of aliphatic hydroxyl groups is 1. The van der Waals surface area contributed by atoms with Gasteiger partial charge in [-0.3, -0.25) is 0 Å². The number of rotatable bonds is 7. The van der Waals surface area contributed by atoms with Crippen molar-refractivity contribution in [3.8, 4) is 5.75 Å². The second-order valence-electron chi connectivity index (χ2n) is 5.54. The molecule has 0 spiro atoms. The lowest BCUT2D eigenvalue weighted by atomic mass is 9.98. The van der Waals surface area contributed by atoms with E-state index in [1.165, 1.54) is 12.0 Å². The van der Waals surface area contributed by atoms with Crippen molar-refractivity contribution in [2.24, 2.45) is 0 Å². The molecule has 3 nitrogen and oxygen atoms in total. The summed E-state index contributed by atoms with van der Waals surface area (Å²) in [6, 6.07) is 8.36. The molecule has 20 heavy (non-hydrogen) atoms. The Morgan fingerprint density at radius 2 is 2.20 bits per heavy atom. The van der Waals surface area contributed by atoms with Crippen molar-refractivity contribution in [1.29, 1.82) is 0 Å². The van der Waals surface area contributed by atoms with Gasteiger partial charge in [-0.25, -0.2) is 0 Å². The molecule has 3 heteroatoms. The molecule has 0 aliphatic carbocycles. The largest absolute Gasteiger partial charge is 0.497 e. The zero-order valence-electron chi connectivity index (χ0n) is 12.3. The lowest BCUT2D eigenvalue weighted by molar-refractivity contribution is 0.117. The van der Waals surface area contributed by atoms with Gasteiger partial charge in [-0.2, -0.15) is 0 Å². The highest BCUT2D eigenvalue weighted by Crippen LogP contribution is 2.28. The van der Waals surface area contributed by atoms with E-state index in [0.29, 0.717) is 5.92 Å². The van der Waals surface area contributed by atoms with Crippen LogP contribution in [0.4, 0.5) is 0 Å². The smallest absolute Gasteiger partial charge is 0.118 e. The first-order valence-electron chi connectivity index (χ1n) is 7.38. The number of hydrogen-bond donors (Lipinski definition) is 1. The second-order valence-corrected chi connectivity index (χ2v) is 5.54. The van der Waals surface area contributed by atoms with E-state index >= 15 is 0 Å². The quantitative estimate of drug-likeness (QED) is 0.777. The van der Waals surface area contributed by atoms with Crippen LogP contribution in [0, 0.1) is 0 Å². The molecule has 0 amide bonds. The van der Waals surface area contributed by atoms with Crippen LogP contribution in [0.1, 0.15) is 30.7 Å². The minimum atomic E-state index is -0.234. The van der Waals surface area contributed by atoms with Crippen molar-refractivity contribution in [3.05, 3.63) is 42.5 Å². The Bertz CT molecular complexity index is 416. The molecule has 0 saturated carbocycles. The van der Waals surface area contributed by atoms with Gasteiger partial charge < -0.3 is 14.7 Å². The van der Waals surface area contributed by atoms with Gasteiger partial charge in [0.2, 0.25) is 0 Å². The lowest BCUT2D eigenvalue weighted by Crippen LogP contribution is -2.30. The second kappa shape index (κ2) is 7.46. The number of likely N-dealkylation sites (tertiary alicyclic amines) is 1. The first kappa shape index (κ1) is 15.1. The highest BCUT2D eigenvalue weighted by atomic mass is 16.5. The molecule has 1 saturated heterocycles. The third-order valence-corrected chi connectivity index (χ3v) is 4.03. The Labute approximate surface area is 121 Å². The van der Waals surface area contributed by atoms with Crippen molar-refractivity contribution in [2.75, 3.05) is 26.7 Å². The van der Waals surface area contributed by atoms with Crippen LogP contribution < -0.4 is 4.74 Å². The molecule has 110 valence electrons. The van der Waals surface area contributed by atoms with E-state index in [1.54, 1.807) is 7.11 Å². The Kier molecular flexibility index (Phi) is 5.62. The topological polar surface area (TPSA) is 32.7 Å². The number of hydrogen-bond acceptors (Lipinski definition) is 3. The van der Waals surface area contributed by atoms with E-state index in [-0.39, 0.29) is 6.10 Å². The average molecular weight is 275 g/mol. The molecular weight excluding hydrogens is 250 g/mol. The zero-order valence-corrected chi connectivity index (χ0v) is 12.3. The number of nitrogens with zero attached hydrogens (tertiary/aromatic N) is 1. The van der Waals surface area contributed by atoms with Gasteiger partial charge >= 0.3 is 0 Å². The van der Waals surface area contributed by atoms with E-state index in [0.717, 1.165) is 38.2 Å². The third-order valence-electron chi connectivity index (χ3n) is 4.03. The summed E-state index contributed by atoms with van der Waals surface area (Å²) in [7, 11) is 1.69. The molecule has 0 bridgehead atoms. The standard InChI is InChI=1S/C17H25NO2/c1-3-4-5-16(19)13-18-11-10-15(12-18)14-6-8-17(20-2)9-7-14/h3,6-9,15-16,19H,1,4-5,10-13H2,2H3. The van der Waals surface area contributed by atoms with Gasteiger partial charge in [-0.15, -0.1) is 6.58 Å². The number of benzene rings is 1. The first-order valence-corrected chi connectivity index (χ1v) is 7.38. The van der Waals surface area contributed by atoms with Crippen molar-refractivity contribution in [1.82, 2.24) is 4.90 Å². The van der Waals surface area contributed by atoms with Gasteiger partial charge in [0.25, 0.3) is 0 Å². The molecule has 2 rings (SSSR count). The van der Waals surface area contributed by atoms with Crippen LogP contribution in [0.2, 0.25) is 0 Å². The normalized spacial score (nSPS) is 20.8. The summed E-state index contributed by atoms with van der Waals surface area (Å²) in [6.07, 6.45) is 4.50. The molecule has 1 aliphatic rings. The van der Waals surface area contributed by atoms with Crippen LogP contribution >= 0.6 is 0 Å². The molecule has 0 aromatic heterocycles. The fourth-order valence-corrected chi connectivity index (χ4v) is 2.85. The summed E-state index contributed by atoms with van der Waals surface area (Å²) in [5, 5.41) is 9.96. The molecule has 0 radical (unpaired) electrons. The van der Waals surface area contributed by atoms with Crippen molar-refractivity contribution < 1.29 is 9.84 Å². The maximum atomic E-state index is 9.96. The molecule has 1 heterocycles. The average Bonchev–Trinajstić information content (AvgIpc) is 2.93. The Morgan fingerprint density at radius 1 is 1.45 bits per heavy atom. The van der Waals surface area contributed by atoms with Crippen molar-refractivity contribution >= 4 is 0 Å². The monoisotopic (exact) mass is 275 g/mol. The highest BCUT2D eigenvalue weighted by molar-refractivity contribution is 5.30. The predicted octanol–water partition coefficient (Wildman–Crippen LogP) is 2.81. The molecule has 1 aliphatic heterocycles. The maximum Gasteiger partial charge on any atom is 0.118 e. The van der Waals surface area contributed by atoms with Crippen molar-refractivity contribution in [3.63, 3.8) is 0 Å². The minimum absolute atomic E-state index is 0.234. The third kappa shape index (κ3) is 4.09. The Hall–Kier alpha value is -1.32. The van der Waals surface area contributed by atoms with E-state index in [4.69, 9.17) is 4.74 Å². The molecule has 1 fully saturated rings. The van der Waals surface area contributed by atoms with E-state index in [9.17, 15) is 5.11 Å². The van der Waals surface area contributed by atoms with Gasteiger partial charge in [0, 0.05) is 13.1 Å². The molecule has 1 aromatic carbocycles. The zero-order chi connectivity index (χ0) is 14.4. The molecule has 1 aromatic rings. The van der Waals surface area contributed by atoms with Gasteiger partial charge in [0.05, 0.1) is 13.2 Å². The number of allylic oxidation sites excluding steroid dienone is 1. The number of β-amino-alcohol motifs (C(OH)–C–C–N with tert-alkyl or cyclic N) is 1. The first-order chi connectivity index (χ1) is 9.72. The predicted molar refractivity (Wildman–Crippen MR) is 82.2 cm³/mol. The van der Waals surface area contributed by atoms with Gasteiger partial charge in [0.1, 0.15) is 5.75 Å². The Balaban J connectivity index is 1.83. The number of methoxy groups -OCH3 is 1. The van der Waals surface area contributed by atoms with E-state index in [2.05, 4.69) is 23.6 Å². The molecular formula is C17H25NO2. The summed E-state index contributed by atoms with van der Waals surface area (Å²) in [4.78, 5) is 2.36. The van der Waals surface area contributed by atoms with Gasteiger partial charge in [-0.1, -0.05) is 18.2 Å². The summed E-state index contributed by atoms with van der Waals surface area (Å²) >= 11 is 0. The van der Waals surface area contributed by atoms with E-state index < -0.39 is 0 Å². The number of aliphatic hydroxyl groups excluding tert-OH is 1. The summed E-state index contributed by atoms with van der Waals surface area (Å²) < 4.78 is 5.19. The van der Waals surface area contributed by atoms with Crippen LogP contribution in [-0.4, -0.2) is 42.9 Å². The fourth-order valence-electron chi connectivity index (χ4n) is 2.85. The summed E-state index contributed by atoms with van der Waals surface area (Å²) in [5.74, 6) is 1.48. The number of ether oxygens (including phenoxy) is 1. The van der Waals surface area contributed by atoms with Crippen LogP contribution in [0.15, 0.2) is 36.9 Å². The van der Waals surface area contributed by atoms with Gasteiger partial charge in [-0.05, 0) is 49.4 Å². The molecule has 1 N–H and O–H groups in total. The SMILES string of the molecule is C=CCCC(O)CN1CCC(c2ccc(OC)cc2)C1. The van der Waals surface area contributed by atoms with Crippen molar-refractivity contribution in [2.45, 2.75) is 31.3 Å². The van der Waals surface area contributed by atoms with Crippen LogP contribution in [0.25, 0.3) is 0 Å². The van der Waals surface area contributed by atoms with Crippen LogP contribution in [0.5, 0.6) is 5.75 Å².